The maximum atomic E-state index is 14.1. The fraction of sp³-hybridized carbons (Fsp3) is 0.632. The van der Waals surface area contributed by atoms with Crippen LogP contribution in [0.3, 0.4) is 0 Å². The smallest absolute Gasteiger partial charge is 0.256 e. The second-order valence-electron chi connectivity index (χ2n) is 7.51. The number of rotatable bonds is 3. The van der Waals surface area contributed by atoms with Gasteiger partial charge in [0.2, 0.25) is 0 Å². The number of amides is 1. The molecule has 4 rings (SSSR count). The molecule has 136 valence electrons. The number of benzene rings is 1. The molecule has 3 fully saturated rings. The fourth-order valence-electron chi connectivity index (χ4n) is 4.48. The molecule has 1 aromatic rings. The van der Waals surface area contributed by atoms with E-state index in [2.05, 4.69) is 4.90 Å². The molecular weight excluding hydrogens is 343 g/mol. The maximum Gasteiger partial charge on any atom is 0.256 e. The summed E-state index contributed by atoms with van der Waals surface area (Å²) in [6.45, 7) is 4.23. The maximum absolute atomic E-state index is 14.1. The number of hydrogen-bond donors (Lipinski definition) is 0. The standard InChI is InChI=1S/C19H24ClFN2O2/c20-14-4-5-17(21)16(11-14)18(24)22-8-2-6-19(13-22)7-9-23(19)12-15-3-1-10-25-15/h4-5,11,15H,1-3,6-10,12-13H2/t15-,19-/m1/s1. The first kappa shape index (κ1) is 17.3. The Labute approximate surface area is 152 Å². The minimum absolute atomic E-state index is 0.0505. The molecule has 3 aliphatic heterocycles. The summed E-state index contributed by atoms with van der Waals surface area (Å²) in [6.07, 6.45) is 5.75. The summed E-state index contributed by atoms with van der Waals surface area (Å²) in [6, 6.07) is 4.18. The zero-order valence-corrected chi connectivity index (χ0v) is 15.1. The van der Waals surface area contributed by atoms with E-state index >= 15 is 0 Å². The summed E-state index contributed by atoms with van der Waals surface area (Å²) in [5.74, 6) is -0.748. The van der Waals surface area contributed by atoms with Gasteiger partial charge >= 0.3 is 0 Å². The van der Waals surface area contributed by atoms with E-state index < -0.39 is 5.82 Å². The second-order valence-corrected chi connectivity index (χ2v) is 7.95. The lowest BCUT2D eigenvalue weighted by Gasteiger charge is -2.57. The van der Waals surface area contributed by atoms with Crippen LogP contribution in [0.2, 0.25) is 5.02 Å². The van der Waals surface area contributed by atoms with Gasteiger partial charge in [0.25, 0.3) is 5.91 Å². The van der Waals surface area contributed by atoms with Gasteiger partial charge < -0.3 is 9.64 Å². The van der Waals surface area contributed by atoms with Crippen molar-refractivity contribution in [2.24, 2.45) is 0 Å². The predicted octanol–water partition coefficient (Wildman–Crippen LogP) is 3.34. The van der Waals surface area contributed by atoms with Crippen molar-refractivity contribution < 1.29 is 13.9 Å². The second kappa shape index (κ2) is 6.86. The van der Waals surface area contributed by atoms with E-state index in [1.165, 1.54) is 18.2 Å². The first-order valence-electron chi connectivity index (χ1n) is 9.18. The van der Waals surface area contributed by atoms with Crippen LogP contribution in [-0.4, -0.2) is 60.1 Å². The molecule has 0 aliphatic carbocycles. The highest BCUT2D eigenvalue weighted by molar-refractivity contribution is 6.31. The Balaban J connectivity index is 1.47. The van der Waals surface area contributed by atoms with Crippen molar-refractivity contribution in [1.82, 2.24) is 9.80 Å². The lowest BCUT2D eigenvalue weighted by Crippen LogP contribution is -2.68. The van der Waals surface area contributed by atoms with Gasteiger partial charge in [-0.1, -0.05) is 11.6 Å². The number of ether oxygens (including phenoxy) is 1. The molecule has 1 aromatic carbocycles. The summed E-state index contributed by atoms with van der Waals surface area (Å²) in [5, 5.41) is 0.389. The van der Waals surface area contributed by atoms with Gasteiger partial charge in [0.1, 0.15) is 5.82 Å². The highest BCUT2D eigenvalue weighted by Crippen LogP contribution is 2.39. The normalized spacial score (nSPS) is 29.8. The largest absolute Gasteiger partial charge is 0.377 e. The van der Waals surface area contributed by atoms with Crippen LogP contribution in [0.25, 0.3) is 0 Å². The first-order valence-corrected chi connectivity index (χ1v) is 9.56. The van der Waals surface area contributed by atoms with Crippen molar-refractivity contribution >= 4 is 17.5 Å². The average Bonchev–Trinajstić information content (AvgIpc) is 3.14. The minimum atomic E-state index is -0.501. The number of halogens is 2. The molecule has 0 radical (unpaired) electrons. The van der Waals surface area contributed by atoms with Gasteiger partial charge in [-0.15, -0.1) is 0 Å². The van der Waals surface area contributed by atoms with Crippen molar-refractivity contribution in [2.45, 2.75) is 43.7 Å². The summed E-state index contributed by atoms with van der Waals surface area (Å²) in [5.41, 5.74) is 0.129. The Morgan fingerprint density at radius 3 is 2.92 bits per heavy atom. The lowest BCUT2D eigenvalue weighted by atomic mass is 9.77. The molecule has 0 unspecified atom stereocenters. The van der Waals surface area contributed by atoms with E-state index in [0.717, 1.165) is 51.8 Å². The lowest BCUT2D eigenvalue weighted by molar-refractivity contribution is -0.0807. The third-order valence-electron chi connectivity index (χ3n) is 5.97. The highest BCUT2D eigenvalue weighted by atomic mass is 35.5. The average molecular weight is 367 g/mol. The molecule has 1 amide bonds. The zero-order chi connectivity index (χ0) is 17.4. The molecule has 0 bridgehead atoms. The van der Waals surface area contributed by atoms with Crippen LogP contribution >= 0.6 is 11.6 Å². The van der Waals surface area contributed by atoms with Gasteiger partial charge in [-0.2, -0.15) is 0 Å². The first-order chi connectivity index (χ1) is 12.1. The quantitative estimate of drug-likeness (QED) is 0.822. The Morgan fingerprint density at radius 1 is 1.32 bits per heavy atom. The van der Waals surface area contributed by atoms with E-state index in [4.69, 9.17) is 16.3 Å². The van der Waals surface area contributed by atoms with E-state index in [1.54, 1.807) is 4.90 Å². The van der Waals surface area contributed by atoms with Crippen molar-refractivity contribution in [3.63, 3.8) is 0 Å². The molecule has 3 aliphatic rings. The van der Waals surface area contributed by atoms with Crippen molar-refractivity contribution in [3.8, 4) is 0 Å². The van der Waals surface area contributed by atoms with Gasteiger partial charge in [0, 0.05) is 43.3 Å². The van der Waals surface area contributed by atoms with Crippen LogP contribution in [0, 0.1) is 5.82 Å². The van der Waals surface area contributed by atoms with E-state index in [-0.39, 0.29) is 17.0 Å². The Hall–Kier alpha value is -1.17. The van der Waals surface area contributed by atoms with E-state index in [1.807, 2.05) is 0 Å². The molecule has 2 atom stereocenters. The molecule has 0 aromatic heterocycles. The van der Waals surface area contributed by atoms with Gasteiger partial charge in [0.05, 0.1) is 11.7 Å². The zero-order valence-electron chi connectivity index (χ0n) is 14.3. The fourth-order valence-corrected chi connectivity index (χ4v) is 4.66. The molecular formula is C19H24ClFN2O2. The topological polar surface area (TPSA) is 32.8 Å². The van der Waals surface area contributed by atoms with Gasteiger partial charge in [0.15, 0.2) is 0 Å². The number of piperidine rings is 1. The summed E-state index contributed by atoms with van der Waals surface area (Å²) < 4.78 is 19.9. The van der Waals surface area contributed by atoms with Gasteiger partial charge in [-0.3, -0.25) is 9.69 Å². The van der Waals surface area contributed by atoms with Gasteiger partial charge in [-0.25, -0.2) is 4.39 Å². The van der Waals surface area contributed by atoms with Crippen molar-refractivity contribution in [3.05, 3.63) is 34.6 Å². The third-order valence-corrected chi connectivity index (χ3v) is 6.20. The molecule has 25 heavy (non-hydrogen) atoms. The number of nitrogens with zero attached hydrogens (tertiary/aromatic N) is 2. The Morgan fingerprint density at radius 2 is 2.20 bits per heavy atom. The Kier molecular flexibility index (Phi) is 4.73. The van der Waals surface area contributed by atoms with Gasteiger partial charge in [-0.05, 0) is 50.3 Å². The number of carbonyl (C=O) groups excluding carboxylic acids is 1. The summed E-state index contributed by atoms with van der Waals surface area (Å²) in [4.78, 5) is 17.1. The van der Waals surface area contributed by atoms with Crippen LogP contribution < -0.4 is 0 Å². The Bertz CT molecular complexity index is 665. The van der Waals surface area contributed by atoms with E-state index in [9.17, 15) is 9.18 Å². The SMILES string of the molecule is O=C(c1cc(Cl)ccc1F)N1CCC[C@@]2(CCN2C[C@H]2CCCO2)C1. The molecule has 3 saturated heterocycles. The van der Waals surface area contributed by atoms with Crippen molar-refractivity contribution in [2.75, 3.05) is 32.8 Å². The van der Waals surface area contributed by atoms with Crippen LogP contribution in [0.5, 0.6) is 0 Å². The molecule has 0 N–H and O–H groups in total. The summed E-state index contributed by atoms with van der Waals surface area (Å²) in [7, 11) is 0. The molecule has 1 spiro atoms. The molecule has 4 nitrogen and oxygen atoms in total. The van der Waals surface area contributed by atoms with Crippen molar-refractivity contribution in [1.29, 1.82) is 0 Å². The van der Waals surface area contributed by atoms with Crippen LogP contribution in [0.4, 0.5) is 4.39 Å². The monoisotopic (exact) mass is 366 g/mol. The molecule has 0 saturated carbocycles. The number of hydrogen-bond acceptors (Lipinski definition) is 3. The summed E-state index contributed by atoms with van der Waals surface area (Å²) >= 11 is 5.95. The third kappa shape index (κ3) is 3.29. The van der Waals surface area contributed by atoms with Crippen LogP contribution in [0.1, 0.15) is 42.5 Å². The van der Waals surface area contributed by atoms with E-state index in [0.29, 0.717) is 24.2 Å². The highest BCUT2D eigenvalue weighted by Gasteiger charge is 2.48. The number of carbonyl (C=O) groups is 1. The molecule has 3 heterocycles. The number of likely N-dealkylation sites (tertiary alicyclic amines) is 2. The molecule has 6 heteroatoms. The van der Waals surface area contributed by atoms with Crippen LogP contribution in [-0.2, 0) is 4.74 Å². The minimum Gasteiger partial charge on any atom is -0.377 e. The van der Waals surface area contributed by atoms with Crippen LogP contribution in [0.15, 0.2) is 18.2 Å². The predicted molar refractivity (Wildman–Crippen MR) is 94.4 cm³/mol.